The second-order valence-electron chi connectivity index (χ2n) is 10.1. The Kier molecular flexibility index (Phi) is 9.64. The van der Waals surface area contributed by atoms with E-state index in [1.165, 1.54) is 25.7 Å². The first-order chi connectivity index (χ1) is 17.6. The van der Waals surface area contributed by atoms with Gasteiger partial charge >= 0.3 is 7.12 Å². The van der Waals surface area contributed by atoms with Crippen LogP contribution in [-0.4, -0.2) is 72.9 Å². The lowest BCUT2D eigenvalue weighted by molar-refractivity contribution is -0.124. The summed E-state index contributed by atoms with van der Waals surface area (Å²) < 4.78 is 23.0. The molecule has 3 rings (SSSR count). The summed E-state index contributed by atoms with van der Waals surface area (Å²) in [5, 5.41) is 5.72. The smallest absolute Gasteiger partial charge is 0.481 e. The fourth-order valence-electron chi connectivity index (χ4n) is 3.93. The second-order valence-corrected chi connectivity index (χ2v) is 10.1. The molecule has 1 aromatic heterocycles. The van der Waals surface area contributed by atoms with Gasteiger partial charge in [-0.25, -0.2) is 4.98 Å². The molecule has 1 fully saturated rings. The van der Waals surface area contributed by atoms with E-state index in [2.05, 4.69) is 20.6 Å². The number of nitrogens with zero attached hydrogens (tertiary/aromatic N) is 2. The van der Waals surface area contributed by atoms with E-state index in [4.69, 9.17) is 18.8 Å². The molecular weight excluding hydrogens is 475 g/mol. The Labute approximate surface area is 219 Å². The molecule has 1 unspecified atom stereocenters. The van der Waals surface area contributed by atoms with Gasteiger partial charge in [0.25, 0.3) is 5.91 Å². The van der Waals surface area contributed by atoms with Crippen LogP contribution in [0.5, 0.6) is 5.75 Å². The average Bonchev–Trinajstić information content (AvgIpc) is 3.10. The Morgan fingerprint density at radius 1 is 1.03 bits per heavy atom. The van der Waals surface area contributed by atoms with Gasteiger partial charge in [-0.2, -0.15) is 0 Å². The van der Waals surface area contributed by atoms with Crippen molar-refractivity contribution in [3.8, 4) is 5.75 Å². The van der Waals surface area contributed by atoms with Gasteiger partial charge in [0.1, 0.15) is 17.5 Å². The molecule has 1 saturated heterocycles. The van der Waals surface area contributed by atoms with Crippen LogP contribution in [0.15, 0.2) is 42.9 Å². The van der Waals surface area contributed by atoms with Crippen molar-refractivity contribution >= 4 is 18.9 Å². The van der Waals surface area contributed by atoms with Crippen LogP contribution in [-0.2, 0) is 25.3 Å². The van der Waals surface area contributed by atoms with Crippen LogP contribution < -0.4 is 15.4 Å². The van der Waals surface area contributed by atoms with E-state index >= 15 is 0 Å². The van der Waals surface area contributed by atoms with E-state index in [0.29, 0.717) is 6.42 Å². The monoisotopic (exact) mass is 512 g/mol. The largest absolute Gasteiger partial charge is 0.497 e. The molecule has 2 amide bonds. The van der Waals surface area contributed by atoms with Crippen molar-refractivity contribution in [3.05, 3.63) is 54.1 Å². The molecule has 0 spiro atoms. The lowest BCUT2D eigenvalue weighted by Gasteiger charge is -2.32. The summed E-state index contributed by atoms with van der Waals surface area (Å²) >= 11 is 0. The van der Waals surface area contributed by atoms with Crippen LogP contribution in [0.3, 0.4) is 0 Å². The van der Waals surface area contributed by atoms with Crippen molar-refractivity contribution in [3.63, 3.8) is 0 Å². The molecular formula is C26H37BN4O6. The van der Waals surface area contributed by atoms with Crippen LogP contribution in [0.25, 0.3) is 0 Å². The summed E-state index contributed by atoms with van der Waals surface area (Å²) in [6.07, 6.45) is 6.41. The SMILES string of the molecule is COCC(NC(=O)c1cnccn1)C(=O)N[C@@H](CCCc1ccc(OC)cc1)B1OC(C)(C)C(C)(C)O1. The highest BCUT2D eigenvalue weighted by Gasteiger charge is 2.54. The van der Waals surface area contributed by atoms with E-state index in [-0.39, 0.29) is 12.3 Å². The van der Waals surface area contributed by atoms with E-state index in [1.807, 2.05) is 52.0 Å². The van der Waals surface area contributed by atoms with Crippen LogP contribution in [0, 0.1) is 0 Å². The lowest BCUT2D eigenvalue weighted by atomic mass is 9.75. The third kappa shape index (κ3) is 7.50. The quantitative estimate of drug-likeness (QED) is 0.416. The van der Waals surface area contributed by atoms with Crippen molar-refractivity contribution in [1.29, 1.82) is 0 Å². The number of aryl methyl sites for hydroxylation is 1. The molecule has 0 radical (unpaired) electrons. The van der Waals surface area contributed by atoms with Crippen molar-refractivity contribution in [2.45, 2.75) is 70.1 Å². The highest BCUT2D eigenvalue weighted by molar-refractivity contribution is 6.48. The highest BCUT2D eigenvalue weighted by atomic mass is 16.7. The van der Waals surface area contributed by atoms with Gasteiger partial charge in [-0.3, -0.25) is 14.6 Å². The number of methoxy groups -OCH3 is 2. The van der Waals surface area contributed by atoms with Gasteiger partial charge in [-0.05, 0) is 64.7 Å². The third-order valence-corrected chi connectivity index (χ3v) is 6.82. The summed E-state index contributed by atoms with van der Waals surface area (Å²) in [6, 6.07) is 6.97. The molecule has 11 heteroatoms. The molecule has 1 aliphatic heterocycles. The van der Waals surface area contributed by atoms with Gasteiger partial charge in [0, 0.05) is 19.5 Å². The van der Waals surface area contributed by atoms with Crippen molar-refractivity contribution in [1.82, 2.24) is 20.6 Å². The molecule has 2 N–H and O–H groups in total. The van der Waals surface area contributed by atoms with Crippen LogP contribution in [0.2, 0.25) is 0 Å². The van der Waals surface area contributed by atoms with Crippen LogP contribution >= 0.6 is 0 Å². The molecule has 2 aromatic rings. The first-order valence-corrected chi connectivity index (χ1v) is 12.4. The Hall–Kier alpha value is -3.02. The molecule has 2 heterocycles. The normalized spacial score (nSPS) is 17.6. The first-order valence-electron chi connectivity index (χ1n) is 12.4. The Bertz CT molecular complexity index is 1020. The zero-order valence-electron chi connectivity index (χ0n) is 22.4. The second kappa shape index (κ2) is 12.5. The van der Waals surface area contributed by atoms with E-state index in [0.717, 1.165) is 24.2 Å². The van der Waals surface area contributed by atoms with Crippen LogP contribution in [0.1, 0.15) is 56.6 Å². The molecule has 0 saturated carbocycles. The molecule has 0 bridgehead atoms. The summed E-state index contributed by atoms with van der Waals surface area (Å²) in [5.74, 6) is -0.557. The number of carbonyl (C=O) groups excluding carboxylic acids is 2. The third-order valence-electron chi connectivity index (χ3n) is 6.82. The van der Waals surface area contributed by atoms with E-state index in [9.17, 15) is 9.59 Å². The highest BCUT2D eigenvalue weighted by Crippen LogP contribution is 2.38. The van der Waals surface area contributed by atoms with E-state index in [1.54, 1.807) is 7.11 Å². The molecule has 1 aliphatic rings. The Morgan fingerprint density at radius 3 is 2.27 bits per heavy atom. The summed E-state index contributed by atoms with van der Waals surface area (Å²) in [4.78, 5) is 33.8. The van der Waals surface area contributed by atoms with Gasteiger partial charge in [-0.1, -0.05) is 12.1 Å². The number of carbonyl (C=O) groups is 2. The maximum atomic E-state index is 13.3. The predicted molar refractivity (Wildman–Crippen MR) is 139 cm³/mol. The summed E-state index contributed by atoms with van der Waals surface area (Å²) in [6.45, 7) is 7.87. The first kappa shape index (κ1) is 28.6. The number of rotatable bonds is 12. The number of hydrogen-bond donors (Lipinski definition) is 2. The zero-order chi connectivity index (χ0) is 27.1. The Balaban J connectivity index is 1.70. The van der Waals surface area contributed by atoms with Gasteiger partial charge in [0.2, 0.25) is 5.91 Å². The standard InChI is InChI=1S/C26H37BN4O6/c1-25(2)26(3,4)37-27(36-25)22(9-7-8-18-10-12-19(35-6)13-11-18)31-24(33)21(17-34-5)30-23(32)20-16-28-14-15-29-20/h10-16,21-22H,7-9,17H2,1-6H3,(H,30,32)(H,31,33)/t21?,22-/m0/s1. The number of amides is 2. The molecule has 0 aliphatic carbocycles. The predicted octanol–water partition coefficient (Wildman–Crippen LogP) is 2.37. The zero-order valence-corrected chi connectivity index (χ0v) is 22.4. The topological polar surface area (TPSA) is 121 Å². The molecule has 200 valence electrons. The van der Waals surface area contributed by atoms with E-state index < -0.39 is 42.1 Å². The Morgan fingerprint density at radius 2 is 1.70 bits per heavy atom. The maximum Gasteiger partial charge on any atom is 0.481 e. The molecule has 10 nitrogen and oxygen atoms in total. The van der Waals surface area contributed by atoms with Crippen molar-refractivity contribution < 1.29 is 28.4 Å². The number of hydrogen-bond acceptors (Lipinski definition) is 8. The summed E-state index contributed by atoms with van der Waals surface area (Å²) in [7, 11) is 2.46. The number of ether oxygens (including phenoxy) is 2. The minimum absolute atomic E-state index is 0.0141. The minimum atomic E-state index is -0.939. The summed E-state index contributed by atoms with van der Waals surface area (Å²) in [5.41, 5.74) is 0.164. The van der Waals surface area contributed by atoms with Crippen molar-refractivity contribution in [2.24, 2.45) is 0 Å². The van der Waals surface area contributed by atoms with Gasteiger partial charge in [0.05, 0.1) is 37.1 Å². The lowest BCUT2D eigenvalue weighted by Crippen LogP contribution is -2.56. The van der Waals surface area contributed by atoms with Gasteiger partial charge in [0.15, 0.2) is 0 Å². The molecule has 37 heavy (non-hydrogen) atoms. The fraction of sp³-hybridized carbons (Fsp3) is 0.538. The molecule has 2 atom stereocenters. The number of aromatic nitrogens is 2. The molecule has 1 aromatic carbocycles. The van der Waals surface area contributed by atoms with Crippen LogP contribution in [0.4, 0.5) is 0 Å². The average molecular weight is 512 g/mol. The number of nitrogens with one attached hydrogen (secondary N) is 2. The van der Waals surface area contributed by atoms with Crippen molar-refractivity contribution in [2.75, 3.05) is 20.8 Å². The fourth-order valence-corrected chi connectivity index (χ4v) is 3.93. The van der Waals surface area contributed by atoms with Gasteiger partial charge < -0.3 is 29.4 Å². The number of benzene rings is 1. The maximum absolute atomic E-state index is 13.3. The minimum Gasteiger partial charge on any atom is -0.497 e. The van der Waals surface area contributed by atoms with Gasteiger partial charge in [-0.15, -0.1) is 0 Å².